The van der Waals surface area contributed by atoms with Crippen molar-refractivity contribution in [2.24, 2.45) is 5.41 Å². The number of methoxy groups -OCH3 is 1. The molecule has 2 N–H and O–H groups in total. The first kappa shape index (κ1) is 29.0. The molecule has 37 heavy (non-hydrogen) atoms. The van der Waals surface area contributed by atoms with E-state index in [1.165, 1.54) is 44.2 Å². The smallest absolute Gasteiger partial charge is 0.409 e. The fourth-order valence-corrected chi connectivity index (χ4v) is 6.25. The zero-order valence-corrected chi connectivity index (χ0v) is 23.0. The quantitative estimate of drug-likeness (QED) is 0.338. The molecule has 2 amide bonds. The molecule has 0 saturated carbocycles. The van der Waals surface area contributed by atoms with Crippen LogP contribution >= 0.6 is 11.9 Å². The molecule has 9 nitrogen and oxygen atoms in total. The van der Waals surface area contributed by atoms with Gasteiger partial charge >= 0.3 is 6.09 Å². The number of amides is 2. The standard InChI is InChI=1S/C22H28N4O4S.C5H11N/c1-16-13-17(14-23)3-4-19(16)18-5-9-26(10-6-18)31-15-22(20(27)24-29)7-11-25(12-8-22)21(28)30-2;1-6-4-2-3-5-6/h3-5,13,29H,6-12,15H2,1-2H3,(H,24,27);2-5H2,1H3. The Morgan fingerprint density at radius 3 is 2.38 bits per heavy atom. The molecule has 3 heterocycles. The largest absolute Gasteiger partial charge is 0.453 e. The van der Waals surface area contributed by atoms with E-state index in [1.54, 1.807) is 16.8 Å². The van der Waals surface area contributed by atoms with E-state index >= 15 is 0 Å². The van der Waals surface area contributed by atoms with E-state index in [9.17, 15) is 14.8 Å². The molecule has 0 unspecified atom stereocenters. The van der Waals surface area contributed by atoms with E-state index in [0.29, 0.717) is 37.2 Å². The Bertz CT molecular complexity index is 1010. The van der Waals surface area contributed by atoms with E-state index in [2.05, 4.69) is 28.4 Å². The van der Waals surface area contributed by atoms with Crippen molar-refractivity contribution in [3.8, 4) is 6.07 Å². The van der Waals surface area contributed by atoms with Crippen LogP contribution in [0.25, 0.3) is 5.57 Å². The highest BCUT2D eigenvalue weighted by Gasteiger charge is 2.43. The lowest BCUT2D eigenvalue weighted by Crippen LogP contribution is -2.51. The second-order valence-corrected chi connectivity index (χ2v) is 11.0. The summed E-state index contributed by atoms with van der Waals surface area (Å²) < 4.78 is 6.99. The minimum atomic E-state index is -0.725. The Morgan fingerprint density at radius 2 is 1.89 bits per heavy atom. The number of nitriles is 1. The van der Waals surface area contributed by atoms with Crippen LogP contribution < -0.4 is 5.48 Å². The molecule has 1 aromatic carbocycles. The van der Waals surface area contributed by atoms with E-state index in [1.807, 2.05) is 30.6 Å². The van der Waals surface area contributed by atoms with Gasteiger partial charge in [0.2, 0.25) is 0 Å². The van der Waals surface area contributed by atoms with E-state index in [4.69, 9.17) is 10.00 Å². The second kappa shape index (κ2) is 13.8. The molecule has 2 saturated heterocycles. The first-order chi connectivity index (χ1) is 17.8. The Morgan fingerprint density at radius 1 is 1.19 bits per heavy atom. The van der Waals surface area contributed by atoms with Crippen molar-refractivity contribution in [2.75, 3.05) is 59.2 Å². The highest BCUT2D eigenvalue weighted by molar-refractivity contribution is 7.97. The van der Waals surface area contributed by atoms with E-state index in [0.717, 1.165) is 25.1 Å². The van der Waals surface area contributed by atoms with Crippen molar-refractivity contribution in [3.05, 3.63) is 41.0 Å². The summed E-state index contributed by atoms with van der Waals surface area (Å²) in [6.45, 7) is 7.10. The van der Waals surface area contributed by atoms with Crippen molar-refractivity contribution in [3.63, 3.8) is 0 Å². The first-order valence-corrected chi connectivity index (χ1v) is 13.8. The number of hydrogen-bond acceptors (Lipinski definition) is 8. The third-order valence-electron chi connectivity index (χ3n) is 7.46. The van der Waals surface area contributed by atoms with Gasteiger partial charge < -0.3 is 14.5 Å². The number of benzene rings is 1. The normalized spacial score (nSPS) is 19.8. The van der Waals surface area contributed by atoms with Gasteiger partial charge in [-0.2, -0.15) is 5.26 Å². The van der Waals surface area contributed by atoms with Crippen LogP contribution in [0.2, 0.25) is 0 Å². The summed E-state index contributed by atoms with van der Waals surface area (Å²) in [5.41, 5.74) is 5.31. The average Bonchev–Trinajstić information content (AvgIpc) is 3.42. The highest BCUT2D eigenvalue weighted by Crippen LogP contribution is 2.37. The monoisotopic (exact) mass is 529 g/mol. The number of carbonyl (C=O) groups excluding carboxylic acids is 2. The van der Waals surface area contributed by atoms with Crippen LogP contribution in [0, 0.1) is 23.7 Å². The maximum Gasteiger partial charge on any atom is 0.409 e. The number of ether oxygens (including phenoxy) is 1. The summed E-state index contributed by atoms with van der Waals surface area (Å²) in [7, 11) is 3.52. The molecule has 2 fully saturated rings. The van der Waals surface area contributed by atoms with Gasteiger partial charge in [-0.05, 0) is 88.0 Å². The summed E-state index contributed by atoms with van der Waals surface area (Å²) in [5, 5.41) is 18.3. The third kappa shape index (κ3) is 7.71. The topological polar surface area (TPSA) is 109 Å². The summed E-state index contributed by atoms with van der Waals surface area (Å²) in [5.74, 6) is 0.138. The van der Waals surface area contributed by atoms with Crippen molar-refractivity contribution in [2.45, 2.75) is 39.0 Å². The molecule has 1 aromatic rings. The van der Waals surface area contributed by atoms with Gasteiger partial charge in [-0.15, -0.1) is 0 Å². The van der Waals surface area contributed by atoms with Crippen LogP contribution in [0.15, 0.2) is 24.3 Å². The highest BCUT2D eigenvalue weighted by atomic mass is 32.2. The van der Waals surface area contributed by atoms with Crippen LogP contribution in [0.4, 0.5) is 4.79 Å². The molecule has 0 aliphatic carbocycles. The summed E-state index contributed by atoms with van der Waals surface area (Å²) in [4.78, 5) is 28.2. The molecule has 202 valence electrons. The predicted molar refractivity (Wildman–Crippen MR) is 145 cm³/mol. The number of hydroxylamine groups is 1. The van der Waals surface area contributed by atoms with Gasteiger partial charge in [0.15, 0.2) is 0 Å². The lowest BCUT2D eigenvalue weighted by Gasteiger charge is -2.40. The van der Waals surface area contributed by atoms with Gasteiger partial charge in [-0.3, -0.25) is 10.0 Å². The van der Waals surface area contributed by atoms with Gasteiger partial charge in [0, 0.05) is 31.9 Å². The third-order valence-corrected chi connectivity index (χ3v) is 8.84. The number of nitrogens with one attached hydrogen (secondary N) is 1. The number of nitrogens with zero attached hydrogens (tertiary/aromatic N) is 4. The maximum absolute atomic E-state index is 12.5. The molecule has 4 rings (SSSR count). The summed E-state index contributed by atoms with van der Waals surface area (Å²) >= 11 is 1.61. The molecule has 3 aliphatic rings. The minimum absolute atomic E-state index is 0.391. The molecular weight excluding hydrogens is 490 g/mol. The van der Waals surface area contributed by atoms with Gasteiger partial charge in [0.05, 0.1) is 24.2 Å². The molecular formula is C27H39N5O4S. The average molecular weight is 530 g/mol. The Hall–Kier alpha value is -2.58. The van der Waals surface area contributed by atoms with Crippen molar-refractivity contribution >= 4 is 29.5 Å². The van der Waals surface area contributed by atoms with Crippen LogP contribution in [0.1, 0.15) is 48.8 Å². The van der Waals surface area contributed by atoms with Crippen LogP contribution in [-0.2, 0) is 9.53 Å². The summed E-state index contributed by atoms with van der Waals surface area (Å²) in [6, 6.07) is 7.95. The number of aryl methyl sites for hydroxylation is 1. The fraction of sp³-hybridized carbons (Fsp3) is 0.593. The lowest BCUT2D eigenvalue weighted by atomic mass is 9.79. The SMILES string of the molecule is CN1CCCC1.COC(=O)N1CCC(CSN2CC=C(c3ccc(C#N)cc3C)CC2)(C(=O)NO)CC1. The van der Waals surface area contributed by atoms with Gasteiger partial charge in [0.25, 0.3) is 5.91 Å². The van der Waals surface area contributed by atoms with Gasteiger partial charge in [0.1, 0.15) is 0 Å². The van der Waals surface area contributed by atoms with Gasteiger partial charge in [-0.1, -0.05) is 24.1 Å². The number of likely N-dealkylation sites (tertiary alicyclic amines) is 2. The van der Waals surface area contributed by atoms with Crippen molar-refractivity contribution in [1.82, 2.24) is 19.6 Å². The zero-order valence-electron chi connectivity index (χ0n) is 22.2. The predicted octanol–water partition coefficient (Wildman–Crippen LogP) is 3.67. The first-order valence-electron chi connectivity index (χ1n) is 12.9. The second-order valence-electron chi connectivity index (χ2n) is 9.97. The number of hydrogen-bond donors (Lipinski definition) is 2. The minimum Gasteiger partial charge on any atom is -0.453 e. The number of piperidine rings is 1. The molecule has 0 radical (unpaired) electrons. The number of carbonyl (C=O) groups is 2. The molecule has 0 aromatic heterocycles. The molecule has 0 atom stereocenters. The maximum atomic E-state index is 12.5. The van der Waals surface area contributed by atoms with Crippen LogP contribution in [0.5, 0.6) is 0 Å². The Balaban J connectivity index is 0.000000555. The Labute approximate surface area is 224 Å². The zero-order chi connectivity index (χ0) is 26.8. The van der Waals surface area contributed by atoms with Crippen LogP contribution in [-0.4, -0.2) is 90.5 Å². The van der Waals surface area contributed by atoms with Gasteiger partial charge in [-0.25, -0.2) is 14.6 Å². The molecule has 3 aliphatic heterocycles. The molecule has 0 bridgehead atoms. The molecule has 0 spiro atoms. The van der Waals surface area contributed by atoms with Crippen molar-refractivity contribution < 1.29 is 19.5 Å². The van der Waals surface area contributed by atoms with Crippen molar-refractivity contribution in [1.29, 1.82) is 5.26 Å². The van der Waals surface area contributed by atoms with Crippen LogP contribution in [0.3, 0.4) is 0 Å². The number of rotatable bonds is 5. The fourth-order valence-electron chi connectivity index (χ4n) is 5.00. The Kier molecular flexibility index (Phi) is 10.8. The van der Waals surface area contributed by atoms with E-state index in [-0.39, 0.29) is 0 Å². The molecule has 10 heteroatoms. The summed E-state index contributed by atoms with van der Waals surface area (Å²) in [6.07, 6.45) is 6.46. The van der Waals surface area contributed by atoms with E-state index < -0.39 is 17.4 Å². The lowest BCUT2D eigenvalue weighted by molar-refractivity contribution is -0.141.